The SMILES string of the molecule is COc1ccc(/C=C/N2CCOCC2)cc1C(=O)c1ccc(Nc2ccc(F)cc2F)cc1. The Labute approximate surface area is 191 Å². The number of ketones is 1. The van der Waals surface area contributed by atoms with Gasteiger partial charge >= 0.3 is 0 Å². The number of nitrogens with zero attached hydrogens (tertiary/aromatic N) is 1. The number of methoxy groups -OCH3 is 1. The zero-order chi connectivity index (χ0) is 23.2. The first kappa shape index (κ1) is 22.5. The molecule has 5 nitrogen and oxygen atoms in total. The maximum absolute atomic E-state index is 13.9. The van der Waals surface area contributed by atoms with E-state index >= 15 is 0 Å². The first-order chi connectivity index (χ1) is 16.0. The van der Waals surface area contributed by atoms with Crippen molar-refractivity contribution in [1.82, 2.24) is 4.90 Å². The summed E-state index contributed by atoms with van der Waals surface area (Å²) in [6, 6.07) is 15.4. The summed E-state index contributed by atoms with van der Waals surface area (Å²) in [7, 11) is 1.53. The van der Waals surface area contributed by atoms with Gasteiger partial charge in [-0.1, -0.05) is 6.07 Å². The largest absolute Gasteiger partial charge is 0.496 e. The second kappa shape index (κ2) is 10.3. The molecule has 0 spiro atoms. The van der Waals surface area contributed by atoms with E-state index in [4.69, 9.17) is 9.47 Å². The highest BCUT2D eigenvalue weighted by Gasteiger charge is 2.15. The van der Waals surface area contributed by atoms with Gasteiger partial charge in [0.15, 0.2) is 5.78 Å². The van der Waals surface area contributed by atoms with Crippen molar-refractivity contribution < 1.29 is 23.0 Å². The van der Waals surface area contributed by atoms with Gasteiger partial charge in [-0.25, -0.2) is 8.78 Å². The fourth-order valence-corrected chi connectivity index (χ4v) is 3.53. The minimum Gasteiger partial charge on any atom is -0.496 e. The molecule has 7 heteroatoms. The topological polar surface area (TPSA) is 50.8 Å². The molecule has 0 atom stereocenters. The smallest absolute Gasteiger partial charge is 0.196 e. The molecule has 0 bridgehead atoms. The van der Waals surface area contributed by atoms with E-state index < -0.39 is 11.6 Å². The van der Waals surface area contributed by atoms with Crippen molar-refractivity contribution >= 4 is 23.2 Å². The maximum Gasteiger partial charge on any atom is 0.196 e. The van der Waals surface area contributed by atoms with Gasteiger partial charge in [0.05, 0.1) is 31.6 Å². The average Bonchev–Trinajstić information content (AvgIpc) is 2.85. The van der Waals surface area contributed by atoms with E-state index in [0.717, 1.165) is 24.7 Å². The van der Waals surface area contributed by atoms with Gasteiger partial charge in [0.1, 0.15) is 17.4 Å². The number of ether oxygens (including phenoxy) is 2. The summed E-state index contributed by atoms with van der Waals surface area (Å²) in [5.74, 6) is -1.04. The summed E-state index contributed by atoms with van der Waals surface area (Å²) in [6.45, 7) is 3.08. The van der Waals surface area contributed by atoms with E-state index in [1.807, 2.05) is 18.3 Å². The highest BCUT2D eigenvalue weighted by Crippen LogP contribution is 2.26. The second-order valence-corrected chi connectivity index (χ2v) is 7.58. The quantitative estimate of drug-likeness (QED) is 0.498. The third kappa shape index (κ3) is 5.56. The third-order valence-corrected chi connectivity index (χ3v) is 5.35. The standard InChI is InChI=1S/C26H24F2N2O3/c1-32-25-9-2-18(10-11-30-12-14-33-15-13-30)16-22(25)26(31)19-3-6-21(7-4-19)29-24-8-5-20(27)17-23(24)28/h2-11,16-17,29H,12-15H2,1H3/b11-10+. The zero-order valence-corrected chi connectivity index (χ0v) is 18.2. The predicted molar refractivity (Wildman–Crippen MR) is 124 cm³/mol. The van der Waals surface area contributed by atoms with Crippen molar-refractivity contribution in [1.29, 1.82) is 0 Å². The summed E-state index contributed by atoms with van der Waals surface area (Å²) >= 11 is 0. The molecule has 0 aromatic heterocycles. The lowest BCUT2D eigenvalue weighted by Crippen LogP contribution is -2.31. The molecule has 170 valence electrons. The minimum absolute atomic E-state index is 0.150. The summed E-state index contributed by atoms with van der Waals surface area (Å²) < 4.78 is 37.7. The Balaban J connectivity index is 1.52. The third-order valence-electron chi connectivity index (χ3n) is 5.35. The van der Waals surface area contributed by atoms with Gasteiger partial charge in [0.2, 0.25) is 0 Å². The van der Waals surface area contributed by atoms with Crippen molar-refractivity contribution in [2.24, 2.45) is 0 Å². The van der Waals surface area contributed by atoms with Crippen LogP contribution in [0.5, 0.6) is 5.75 Å². The molecule has 0 saturated carbocycles. The first-order valence-corrected chi connectivity index (χ1v) is 10.6. The molecule has 1 fully saturated rings. The Morgan fingerprint density at radius 1 is 1.03 bits per heavy atom. The van der Waals surface area contributed by atoms with Gasteiger partial charge in [-0.15, -0.1) is 0 Å². The molecule has 0 amide bonds. The lowest BCUT2D eigenvalue weighted by atomic mass is 10.00. The number of nitrogens with one attached hydrogen (secondary N) is 1. The second-order valence-electron chi connectivity index (χ2n) is 7.58. The molecule has 1 N–H and O–H groups in total. The van der Waals surface area contributed by atoms with Gasteiger partial charge in [-0.2, -0.15) is 0 Å². The fourth-order valence-electron chi connectivity index (χ4n) is 3.53. The van der Waals surface area contributed by atoms with Gasteiger partial charge in [-0.3, -0.25) is 4.79 Å². The number of carbonyl (C=O) groups excluding carboxylic acids is 1. The lowest BCUT2D eigenvalue weighted by molar-refractivity contribution is 0.0597. The number of hydrogen-bond donors (Lipinski definition) is 1. The van der Waals surface area contributed by atoms with Crippen LogP contribution in [0.15, 0.2) is 66.9 Å². The Bertz CT molecular complexity index is 1160. The van der Waals surface area contributed by atoms with Crippen LogP contribution in [0.3, 0.4) is 0 Å². The van der Waals surface area contributed by atoms with Crippen LogP contribution in [0.25, 0.3) is 6.08 Å². The average molecular weight is 450 g/mol. The number of anilines is 2. The summed E-state index contributed by atoms with van der Waals surface area (Å²) in [6.07, 6.45) is 3.97. The van der Waals surface area contributed by atoms with Gasteiger partial charge in [-0.05, 0) is 66.4 Å². The van der Waals surface area contributed by atoms with E-state index in [0.29, 0.717) is 35.8 Å². The number of morpholine rings is 1. The highest BCUT2D eigenvalue weighted by atomic mass is 19.1. The van der Waals surface area contributed by atoms with Crippen LogP contribution in [-0.4, -0.2) is 44.1 Å². The van der Waals surface area contributed by atoms with E-state index in [9.17, 15) is 13.6 Å². The number of rotatable bonds is 7. The minimum atomic E-state index is -0.693. The molecule has 3 aromatic carbocycles. The van der Waals surface area contributed by atoms with E-state index in [1.54, 1.807) is 36.4 Å². The summed E-state index contributed by atoms with van der Waals surface area (Å²) in [4.78, 5) is 15.4. The van der Waals surface area contributed by atoms with Crippen LogP contribution in [0.1, 0.15) is 21.5 Å². The van der Waals surface area contributed by atoms with Crippen molar-refractivity contribution in [2.75, 3.05) is 38.7 Å². The molecule has 1 aliphatic rings. The molecule has 3 aromatic rings. The van der Waals surface area contributed by atoms with Crippen LogP contribution in [0.2, 0.25) is 0 Å². The Morgan fingerprint density at radius 3 is 2.48 bits per heavy atom. The fraction of sp³-hybridized carbons (Fsp3) is 0.192. The predicted octanol–water partition coefficient (Wildman–Crippen LogP) is 5.25. The Kier molecular flexibility index (Phi) is 7.00. The number of carbonyl (C=O) groups is 1. The molecule has 33 heavy (non-hydrogen) atoms. The Morgan fingerprint density at radius 2 is 1.79 bits per heavy atom. The van der Waals surface area contributed by atoms with E-state index in [2.05, 4.69) is 10.2 Å². The molecule has 0 aliphatic carbocycles. The van der Waals surface area contributed by atoms with Crippen molar-refractivity contribution in [3.8, 4) is 5.75 Å². The molecule has 0 radical (unpaired) electrons. The number of halogens is 2. The molecule has 4 rings (SSSR count). The Hall–Kier alpha value is -3.71. The van der Waals surface area contributed by atoms with Crippen LogP contribution < -0.4 is 10.1 Å². The molecule has 1 saturated heterocycles. The van der Waals surface area contributed by atoms with Crippen molar-refractivity contribution in [2.45, 2.75) is 0 Å². The molecule has 1 aliphatic heterocycles. The lowest BCUT2D eigenvalue weighted by Gasteiger charge is -2.25. The van der Waals surface area contributed by atoms with Gasteiger partial charge in [0, 0.05) is 30.4 Å². The van der Waals surface area contributed by atoms with Crippen LogP contribution in [0, 0.1) is 11.6 Å². The highest BCUT2D eigenvalue weighted by molar-refractivity contribution is 6.11. The van der Waals surface area contributed by atoms with Gasteiger partial charge in [0.25, 0.3) is 0 Å². The van der Waals surface area contributed by atoms with Crippen LogP contribution in [-0.2, 0) is 4.74 Å². The molecule has 1 heterocycles. The maximum atomic E-state index is 13.9. The van der Waals surface area contributed by atoms with Crippen molar-refractivity contribution in [3.05, 3.63) is 95.2 Å². The number of hydrogen-bond acceptors (Lipinski definition) is 5. The molecular formula is C26H24F2N2O3. The summed E-state index contributed by atoms with van der Waals surface area (Å²) in [5, 5.41) is 2.88. The normalized spacial score (nSPS) is 13.8. The van der Waals surface area contributed by atoms with Crippen LogP contribution in [0.4, 0.5) is 20.2 Å². The monoisotopic (exact) mass is 450 g/mol. The van der Waals surface area contributed by atoms with Crippen molar-refractivity contribution in [3.63, 3.8) is 0 Å². The number of benzene rings is 3. The molecular weight excluding hydrogens is 426 g/mol. The summed E-state index contributed by atoms with van der Waals surface area (Å²) in [5.41, 5.74) is 2.53. The molecule has 0 unspecified atom stereocenters. The van der Waals surface area contributed by atoms with E-state index in [1.165, 1.54) is 19.2 Å². The zero-order valence-electron chi connectivity index (χ0n) is 18.2. The van der Waals surface area contributed by atoms with E-state index in [-0.39, 0.29) is 11.5 Å². The first-order valence-electron chi connectivity index (χ1n) is 10.6. The van der Waals surface area contributed by atoms with Crippen LogP contribution >= 0.6 is 0 Å². The van der Waals surface area contributed by atoms with Gasteiger partial charge < -0.3 is 19.7 Å².